The predicted octanol–water partition coefficient (Wildman–Crippen LogP) is 4.10. The molecular weight excluding hydrogens is 356 g/mol. The highest BCUT2D eigenvalue weighted by molar-refractivity contribution is 6.30. The molecule has 0 aliphatic carbocycles. The molecule has 1 amide bonds. The van der Waals surface area contributed by atoms with E-state index in [1.165, 1.54) is 0 Å². The average Bonchev–Trinajstić information content (AvgIpc) is 3.32. The number of hydrogen-bond acceptors (Lipinski definition) is 5. The molecule has 7 heteroatoms. The van der Waals surface area contributed by atoms with Gasteiger partial charge in [0.15, 0.2) is 5.76 Å². The van der Waals surface area contributed by atoms with Crippen LogP contribution in [0.2, 0.25) is 0 Å². The largest absolute Gasteiger partial charge is 0.497 e. The molecule has 0 bridgehead atoms. The van der Waals surface area contributed by atoms with E-state index in [0.29, 0.717) is 23.8 Å². The minimum absolute atomic E-state index is 0.197. The predicted molar refractivity (Wildman–Crippen MR) is 96.8 cm³/mol. The first-order valence-corrected chi connectivity index (χ1v) is 8.55. The average molecular weight is 375 g/mol. The number of methoxy groups -OCH3 is 1. The number of carbonyl (C=O) groups is 1. The molecule has 0 fully saturated rings. The van der Waals surface area contributed by atoms with Gasteiger partial charge in [-0.2, -0.15) is 0 Å². The van der Waals surface area contributed by atoms with Crippen molar-refractivity contribution in [3.8, 4) is 17.1 Å². The van der Waals surface area contributed by atoms with E-state index in [9.17, 15) is 4.79 Å². The Morgan fingerprint density at radius 3 is 2.65 bits per heavy atom. The van der Waals surface area contributed by atoms with E-state index in [1.807, 2.05) is 36.4 Å². The van der Waals surface area contributed by atoms with Crippen molar-refractivity contribution in [1.29, 1.82) is 0 Å². The number of benzene rings is 1. The molecule has 0 N–H and O–H groups in total. The molecular formula is C19H19ClN2O4. The Hall–Kier alpha value is -2.73. The zero-order valence-corrected chi connectivity index (χ0v) is 15.3. The van der Waals surface area contributed by atoms with Crippen molar-refractivity contribution in [2.75, 3.05) is 7.11 Å². The number of rotatable bonds is 7. The molecule has 0 saturated heterocycles. The minimum atomic E-state index is -0.641. The topological polar surface area (TPSA) is 68.7 Å². The Morgan fingerprint density at radius 2 is 2.04 bits per heavy atom. The van der Waals surface area contributed by atoms with Crippen LogP contribution in [0.3, 0.4) is 0 Å². The van der Waals surface area contributed by atoms with Gasteiger partial charge in [0.2, 0.25) is 5.91 Å². The molecule has 0 aliphatic rings. The zero-order chi connectivity index (χ0) is 18.5. The lowest BCUT2D eigenvalue weighted by molar-refractivity contribution is -0.132. The smallest absolute Gasteiger partial charge is 0.241 e. The number of carbonyl (C=O) groups excluding carboxylic acids is 1. The summed E-state index contributed by atoms with van der Waals surface area (Å²) in [5.74, 6) is 1.86. The van der Waals surface area contributed by atoms with Crippen molar-refractivity contribution in [3.63, 3.8) is 0 Å². The lowest BCUT2D eigenvalue weighted by Gasteiger charge is -2.21. The van der Waals surface area contributed by atoms with E-state index < -0.39 is 5.38 Å². The van der Waals surface area contributed by atoms with Crippen molar-refractivity contribution < 1.29 is 18.5 Å². The lowest BCUT2D eigenvalue weighted by Crippen LogP contribution is -2.34. The van der Waals surface area contributed by atoms with E-state index in [-0.39, 0.29) is 12.5 Å². The highest BCUT2D eigenvalue weighted by Gasteiger charge is 2.22. The molecule has 1 atom stereocenters. The number of halogens is 1. The summed E-state index contributed by atoms with van der Waals surface area (Å²) >= 11 is 5.98. The van der Waals surface area contributed by atoms with Crippen molar-refractivity contribution in [2.24, 2.45) is 0 Å². The summed E-state index contributed by atoms with van der Waals surface area (Å²) in [7, 11) is 1.62. The van der Waals surface area contributed by atoms with Crippen molar-refractivity contribution in [1.82, 2.24) is 10.1 Å². The molecule has 136 valence electrons. The van der Waals surface area contributed by atoms with Gasteiger partial charge in [0, 0.05) is 11.6 Å². The number of ether oxygens (including phenoxy) is 1. The van der Waals surface area contributed by atoms with Crippen LogP contribution in [0.25, 0.3) is 11.3 Å². The fourth-order valence-electron chi connectivity index (χ4n) is 2.53. The van der Waals surface area contributed by atoms with Gasteiger partial charge in [-0.3, -0.25) is 4.79 Å². The molecule has 6 nitrogen and oxygen atoms in total. The monoisotopic (exact) mass is 374 g/mol. The molecule has 0 radical (unpaired) electrons. The fourth-order valence-corrected chi connectivity index (χ4v) is 2.67. The van der Waals surface area contributed by atoms with Gasteiger partial charge in [0.1, 0.15) is 22.6 Å². The number of furan rings is 1. The zero-order valence-electron chi connectivity index (χ0n) is 14.5. The quantitative estimate of drug-likeness (QED) is 0.582. The van der Waals surface area contributed by atoms with E-state index in [4.69, 9.17) is 25.3 Å². The van der Waals surface area contributed by atoms with Gasteiger partial charge >= 0.3 is 0 Å². The molecule has 2 heterocycles. The third-order valence-corrected chi connectivity index (χ3v) is 4.05. The molecule has 3 rings (SSSR count). The molecule has 0 saturated carbocycles. The normalized spacial score (nSPS) is 12.0. The molecule has 1 unspecified atom stereocenters. The summed E-state index contributed by atoms with van der Waals surface area (Å²) < 4.78 is 15.9. The van der Waals surface area contributed by atoms with Crippen LogP contribution < -0.4 is 4.74 Å². The number of amides is 1. The lowest BCUT2D eigenvalue weighted by atomic mass is 10.1. The summed E-state index contributed by atoms with van der Waals surface area (Å²) in [5.41, 5.74) is 1.51. The summed E-state index contributed by atoms with van der Waals surface area (Å²) in [6.45, 7) is 2.23. The summed E-state index contributed by atoms with van der Waals surface area (Å²) in [6.07, 6.45) is 1.57. The minimum Gasteiger partial charge on any atom is -0.497 e. The molecule has 3 aromatic rings. The first-order chi connectivity index (χ1) is 12.6. The van der Waals surface area contributed by atoms with E-state index in [1.54, 1.807) is 31.3 Å². The fraction of sp³-hybridized carbons (Fsp3) is 0.263. The third kappa shape index (κ3) is 4.26. The Morgan fingerprint density at radius 1 is 1.27 bits per heavy atom. The van der Waals surface area contributed by atoms with E-state index >= 15 is 0 Å². The van der Waals surface area contributed by atoms with Gasteiger partial charge in [-0.05, 0) is 43.3 Å². The van der Waals surface area contributed by atoms with Gasteiger partial charge in [-0.1, -0.05) is 5.16 Å². The number of nitrogens with zero attached hydrogens (tertiary/aromatic N) is 2. The van der Waals surface area contributed by atoms with Crippen molar-refractivity contribution >= 4 is 17.5 Å². The van der Waals surface area contributed by atoms with Crippen LogP contribution in [0.1, 0.15) is 18.4 Å². The first kappa shape index (κ1) is 18.1. The van der Waals surface area contributed by atoms with Crippen LogP contribution in [-0.4, -0.2) is 28.5 Å². The second kappa shape index (κ2) is 8.10. The molecule has 26 heavy (non-hydrogen) atoms. The Bertz CT molecular complexity index is 841. The summed E-state index contributed by atoms with van der Waals surface area (Å²) in [5, 5.41) is 3.43. The molecule has 0 spiro atoms. The number of alkyl halides is 1. The molecule has 0 aliphatic heterocycles. The van der Waals surface area contributed by atoms with Gasteiger partial charge in [-0.15, -0.1) is 11.6 Å². The maximum atomic E-state index is 12.4. The van der Waals surface area contributed by atoms with Gasteiger partial charge in [0.25, 0.3) is 0 Å². The summed E-state index contributed by atoms with van der Waals surface area (Å²) in [6, 6.07) is 12.9. The van der Waals surface area contributed by atoms with E-state index in [2.05, 4.69) is 5.16 Å². The first-order valence-electron chi connectivity index (χ1n) is 8.12. The highest BCUT2D eigenvalue weighted by atomic mass is 35.5. The highest BCUT2D eigenvalue weighted by Crippen LogP contribution is 2.24. The number of hydrogen-bond donors (Lipinski definition) is 0. The SMILES string of the molecule is COc1ccc(-c2cc(CN(Cc3ccco3)C(=O)C(C)Cl)no2)cc1. The van der Waals surface area contributed by atoms with Crippen molar-refractivity contribution in [2.45, 2.75) is 25.4 Å². The standard InChI is InChI=1S/C19H19ClN2O4/c1-13(20)19(23)22(12-17-4-3-9-25-17)11-15-10-18(26-21-15)14-5-7-16(24-2)8-6-14/h3-10,13H,11-12H2,1-2H3. The third-order valence-electron chi connectivity index (χ3n) is 3.87. The maximum absolute atomic E-state index is 12.4. The molecule has 2 aromatic heterocycles. The van der Waals surface area contributed by atoms with Gasteiger partial charge in [-0.25, -0.2) is 0 Å². The van der Waals surface area contributed by atoms with Crippen LogP contribution in [0.15, 0.2) is 57.7 Å². The van der Waals surface area contributed by atoms with Crippen LogP contribution in [-0.2, 0) is 17.9 Å². The Kier molecular flexibility index (Phi) is 5.63. The van der Waals surface area contributed by atoms with Crippen LogP contribution in [0.5, 0.6) is 5.75 Å². The Labute approximate surface area is 156 Å². The molecule has 1 aromatic carbocycles. The maximum Gasteiger partial charge on any atom is 0.241 e. The van der Waals surface area contributed by atoms with E-state index in [0.717, 1.165) is 11.3 Å². The van der Waals surface area contributed by atoms with Gasteiger partial charge in [0.05, 0.1) is 26.5 Å². The summed E-state index contributed by atoms with van der Waals surface area (Å²) in [4.78, 5) is 14.0. The second-order valence-corrected chi connectivity index (χ2v) is 6.46. The van der Waals surface area contributed by atoms with Crippen LogP contribution >= 0.6 is 11.6 Å². The number of aromatic nitrogens is 1. The Balaban J connectivity index is 1.76. The second-order valence-electron chi connectivity index (χ2n) is 5.80. The van der Waals surface area contributed by atoms with Gasteiger partial charge < -0.3 is 18.6 Å². The van der Waals surface area contributed by atoms with Crippen molar-refractivity contribution in [3.05, 3.63) is 60.2 Å². The van der Waals surface area contributed by atoms with Crippen LogP contribution in [0, 0.1) is 0 Å². The van der Waals surface area contributed by atoms with Crippen LogP contribution in [0.4, 0.5) is 0 Å².